The molecule has 176 valence electrons. The van der Waals surface area contributed by atoms with Gasteiger partial charge in [-0.1, -0.05) is 49.2 Å². The van der Waals surface area contributed by atoms with Crippen LogP contribution in [0.4, 0.5) is 11.4 Å². The quantitative estimate of drug-likeness (QED) is 0.477. The summed E-state index contributed by atoms with van der Waals surface area (Å²) in [4.78, 5) is 41.4. The number of carbonyl (C=O) groups excluding carboxylic acids is 3. The number of hydrogen-bond donors (Lipinski definition) is 2. The summed E-state index contributed by atoms with van der Waals surface area (Å²) in [6.07, 6.45) is 4.33. The Balaban J connectivity index is 1.72. The SMILES string of the molecule is CC(=O)Nc1ccc(N(C(=O)Cc2cccs2)[C@@H](C(=O)NC2CCCC2)c2ccccc2)cc1. The highest BCUT2D eigenvalue weighted by molar-refractivity contribution is 7.10. The lowest BCUT2D eigenvalue weighted by atomic mass is 10.0. The van der Waals surface area contributed by atoms with Gasteiger partial charge in [0.15, 0.2) is 0 Å². The number of rotatable bonds is 8. The number of thiophene rings is 1. The van der Waals surface area contributed by atoms with Crippen LogP contribution in [0.5, 0.6) is 0 Å². The molecule has 0 bridgehead atoms. The number of carbonyl (C=O) groups is 3. The molecule has 34 heavy (non-hydrogen) atoms. The van der Waals surface area contributed by atoms with Gasteiger partial charge in [-0.05, 0) is 54.1 Å². The van der Waals surface area contributed by atoms with Crippen molar-refractivity contribution in [1.29, 1.82) is 0 Å². The minimum absolute atomic E-state index is 0.134. The summed E-state index contributed by atoms with van der Waals surface area (Å²) < 4.78 is 0. The number of benzene rings is 2. The van der Waals surface area contributed by atoms with Gasteiger partial charge in [0.25, 0.3) is 0 Å². The minimum Gasteiger partial charge on any atom is -0.351 e. The highest BCUT2D eigenvalue weighted by Gasteiger charge is 2.34. The van der Waals surface area contributed by atoms with Crippen molar-refractivity contribution >= 4 is 40.4 Å². The molecule has 7 heteroatoms. The molecule has 1 saturated carbocycles. The molecule has 3 aromatic rings. The summed E-state index contributed by atoms with van der Waals surface area (Å²) in [6.45, 7) is 1.45. The van der Waals surface area contributed by atoms with Crippen molar-refractivity contribution in [2.24, 2.45) is 0 Å². The fourth-order valence-corrected chi connectivity index (χ4v) is 5.09. The van der Waals surface area contributed by atoms with Gasteiger partial charge in [0.2, 0.25) is 17.7 Å². The van der Waals surface area contributed by atoms with Crippen LogP contribution in [-0.2, 0) is 20.8 Å². The highest BCUT2D eigenvalue weighted by Crippen LogP contribution is 2.31. The first-order chi connectivity index (χ1) is 16.5. The van der Waals surface area contributed by atoms with Crippen molar-refractivity contribution in [3.63, 3.8) is 0 Å². The van der Waals surface area contributed by atoms with Crippen LogP contribution in [0.25, 0.3) is 0 Å². The van der Waals surface area contributed by atoms with Gasteiger partial charge in [0, 0.05) is 29.2 Å². The maximum atomic E-state index is 13.7. The van der Waals surface area contributed by atoms with E-state index in [4.69, 9.17) is 0 Å². The van der Waals surface area contributed by atoms with Crippen LogP contribution < -0.4 is 15.5 Å². The molecule has 3 amide bonds. The molecule has 1 heterocycles. The molecule has 6 nitrogen and oxygen atoms in total. The minimum atomic E-state index is -0.805. The monoisotopic (exact) mass is 475 g/mol. The van der Waals surface area contributed by atoms with Gasteiger partial charge in [-0.25, -0.2) is 0 Å². The van der Waals surface area contributed by atoms with Crippen LogP contribution in [0, 0.1) is 0 Å². The van der Waals surface area contributed by atoms with E-state index in [-0.39, 0.29) is 30.2 Å². The maximum Gasteiger partial charge on any atom is 0.248 e. The standard InChI is InChI=1S/C27H29N3O3S/c1-19(31)28-22-13-15-23(16-14-22)30(25(32)18-24-12-7-17-34-24)26(20-8-3-2-4-9-20)27(33)29-21-10-5-6-11-21/h2-4,7-9,12-17,21,26H,5-6,10-11,18H2,1H3,(H,28,31)(H,29,33)/t26-/m1/s1. The Morgan fingerprint density at radius 2 is 1.68 bits per heavy atom. The van der Waals surface area contributed by atoms with E-state index < -0.39 is 6.04 Å². The van der Waals surface area contributed by atoms with E-state index in [2.05, 4.69) is 10.6 Å². The first-order valence-corrected chi connectivity index (χ1v) is 12.5. The van der Waals surface area contributed by atoms with Crippen LogP contribution in [0.2, 0.25) is 0 Å². The van der Waals surface area contributed by atoms with Crippen LogP contribution >= 0.6 is 11.3 Å². The number of anilines is 2. The van der Waals surface area contributed by atoms with Crippen LogP contribution in [-0.4, -0.2) is 23.8 Å². The second-order valence-electron chi connectivity index (χ2n) is 8.55. The van der Waals surface area contributed by atoms with Crippen molar-refractivity contribution < 1.29 is 14.4 Å². The van der Waals surface area contributed by atoms with Gasteiger partial charge in [-0.15, -0.1) is 11.3 Å². The molecule has 4 rings (SSSR count). The van der Waals surface area contributed by atoms with E-state index in [0.29, 0.717) is 11.4 Å². The topological polar surface area (TPSA) is 78.5 Å². The lowest BCUT2D eigenvalue weighted by molar-refractivity contribution is -0.127. The predicted octanol–water partition coefficient (Wildman–Crippen LogP) is 5.08. The van der Waals surface area contributed by atoms with Gasteiger partial charge in [0.1, 0.15) is 6.04 Å². The third kappa shape index (κ3) is 5.91. The molecule has 1 aliphatic carbocycles. The molecule has 2 aromatic carbocycles. The third-order valence-corrected chi connectivity index (χ3v) is 6.84. The van der Waals surface area contributed by atoms with E-state index >= 15 is 0 Å². The molecule has 1 aromatic heterocycles. The van der Waals surface area contributed by atoms with E-state index in [1.807, 2.05) is 47.8 Å². The largest absolute Gasteiger partial charge is 0.351 e. The van der Waals surface area contributed by atoms with Gasteiger partial charge in [0.05, 0.1) is 6.42 Å². The fourth-order valence-electron chi connectivity index (χ4n) is 4.40. The molecule has 0 radical (unpaired) electrons. The number of nitrogens with one attached hydrogen (secondary N) is 2. The smallest absolute Gasteiger partial charge is 0.248 e. The molecule has 1 aliphatic rings. The molecular formula is C27H29N3O3S. The Kier molecular flexibility index (Phi) is 7.75. The zero-order chi connectivity index (χ0) is 23.9. The van der Waals surface area contributed by atoms with Crippen molar-refractivity contribution in [3.05, 3.63) is 82.6 Å². The summed E-state index contributed by atoms with van der Waals surface area (Å²) in [5.41, 5.74) is 1.99. The third-order valence-electron chi connectivity index (χ3n) is 5.96. The van der Waals surface area contributed by atoms with E-state index in [1.165, 1.54) is 18.3 Å². The van der Waals surface area contributed by atoms with E-state index in [1.54, 1.807) is 29.2 Å². The average Bonchev–Trinajstić information content (AvgIpc) is 3.52. The van der Waals surface area contributed by atoms with Gasteiger partial charge < -0.3 is 10.6 Å². The van der Waals surface area contributed by atoms with Crippen molar-refractivity contribution in [2.75, 3.05) is 10.2 Å². The zero-order valence-corrected chi connectivity index (χ0v) is 20.0. The lowest BCUT2D eigenvalue weighted by Gasteiger charge is -2.32. The fraction of sp³-hybridized carbons (Fsp3) is 0.296. The Hall–Kier alpha value is -3.45. The summed E-state index contributed by atoms with van der Waals surface area (Å²) >= 11 is 1.52. The normalized spacial score (nSPS) is 14.4. The Labute approximate surface area is 204 Å². The first kappa shape index (κ1) is 23.7. The summed E-state index contributed by atoms with van der Waals surface area (Å²) in [6, 6.07) is 19.7. The second-order valence-corrected chi connectivity index (χ2v) is 9.58. The second kappa shape index (κ2) is 11.1. The molecule has 1 fully saturated rings. The van der Waals surface area contributed by atoms with Crippen molar-refractivity contribution in [1.82, 2.24) is 5.32 Å². The number of nitrogens with zero attached hydrogens (tertiary/aromatic N) is 1. The van der Waals surface area contributed by atoms with Crippen LogP contribution in [0.1, 0.15) is 49.1 Å². The van der Waals surface area contributed by atoms with E-state index in [0.717, 1.165) is 36.1 Å². The maximum absolute atomic E-state index is 13.7. The summed E-state index contributed by atoms with van der Waals surface area (Å²) in [5.74, 6) is -0.509. The average molecular weight is 476 g/mol. The summed E-state index contributed by atoms with van der Waals surface area (Å²) in [7, 11) is 0. The zero-order valence-electron chi connectivity index (χ0n) is 19.2. The first-order valence-electron chi connectivity index (χ1n) is 11.6. The van der Waals surface area contributed by atoms with Crippen LogP contribution in [0.3, 0.4) is 0 Å². The predicted molar refractivity (Wildman–Crippen MR) is 136 cm³/mol. The molecular weight excluding hydrogens is 446 g/mol. The molecule has 0 aliphatic heterocycles. The Morgan fingerprint density at radius 1 is 0.971 bits per heavy atom. The van der Waals surface area contributed by atoms with Crippen LogP contribution in [0.15, 0.2) is 72.1 Å². The van der Waals surface area contributed by atoms with Gasteiger partial charge >= 0.3 is 0 Å². The van der Waals surface area contributed by atoms with Gasteiger partial charge in [-0.3, -0.25) is 19.3 Å². The number of hydrogen-bond acceptors (Lipinski definition) is 4. The highest BCUT2D eigenvalue weighted by atomic mass is 32.1. The molecule has 0 unspecified atom stereocenters. The van der Waals surface area contributed by atoms with Crippen molar-refractivity contribution in [3.8, 4) is 0 Å². The molecule has 0 spiro atoms. The Bertz CT molecular complexity index is 1110. The molecule has 2 N–H and O–H groups in total. The lowest BCUT2D eigenvalue weighted by Crippen LogP contribution is -2.46. The van der Waals surface area contributed by atoms with Crippen molar-refractivity contribution in [2.45, 2.75) is 51.1 Å². The molecule has 1 atom stereocenters. The Morgan fingerprint density at radius 3 is 2.29 bits per heavy atom. The van der Waals surface area contributed by atoms with E-state index in [9.17, 15) is 14.4 Å². The summed E-state index contributed by atoms with van der Waals surface area (Å²) in [5, 5.41) is 7.88. The molecule has 0 saturated heterocycles. The van der Waals surface area contributed by atoms with Gasteiger partial charge in [-0.2, -0.15) is 0 Å². The number of amides is 3.